The fraction of sp³-hybridized carbons (Fsp3) is 0.550. The van der Waals surface area contributed by atoms with Crippen LogP contribution in [0.25, 0.3) is 0 Å². The van der Waals surface area contributed by atoms with Crippen molar-refractivity contribution in [1.82, 2.24) is 10.2 Å². The number of hydrogen-bond acceptors (Lipinski definition) is 4. The minimum atomic E-state index is 0.0643. The van der Waals surface area contributed by atoms with Crippen LogP contribution in [0, 0.1) is 18.8 Å². The van der Waals surface area contributed by atoms with Crippen LogP contribution in [0.3, 0.4) is 0 Å². The zero-order valence-corrected chi connectivity index (χ0v) is 14.9. The zero-order valence-electron chi connectivity index (χ0n) is 14.9. The molecular formula is C20H25N3O2. The Bertz CT molecular complexity index is 770. The number of amides is 1. The Labute approximate surface area is 148 Å². The van der Waals surface area contributed by atoms with Gasteiger partial charge < -0.3 is 9.32 Å². The van der Waals surface area contributed by atoms with Gasteiger partial charge in [0, 0.05) is 18.7 Å². The van der Waals surface area contributed by atoms with Crippen molar-refractivity contribution in [3.8, 4) is 0 Å². The highest BCUT2D eigenvalue weighted by Crippen LogP contribution is 2.47. The van der Waals surface area contributed by atoms with Crippen LogP contribution in [-0.4, -0.2) is 22.1 Å². The summed E-state index contributed by atoms with van der Waals surface area (Å²) in [4.78, 5) is 15.2. The summed E-state index contributed by atoms with van der Waals surface area (Å²) in [5, 5.41) is 7.85. The Kier molecular flexibility index (Phi) is 4.32. The van der Waals surface area contributed by atoms with Crippen LogP contribution >= 0.6 is 0 Å². The molecule has 5 heteroatoms. The lowest BCUT2D eigenvalue weighted by atomic mass is 9.93. The minimum absolute atomic E-state index is 0.0643. The predicted molar refractivity (Wildman–Crippen MR) is 95.3 cm³/mol. The van der Waals surface area contributed by atoms with Crippen molar-refractivity contribution in [2.45, 2.75) is 58.4 Å². The second kappa shape index (κ2) is 6.62. The van der Waals surface area contributed by atoms with Gasteiger partial charge in [0.25, 0.3) is 0 Å². The normalized spacial score (nSPS) is 24.6. The lowest BCUT2D eigenvalue weighted by Crippen LogP contribution is -2.44. The maximum Gasteiger partial charge on any atom is 0.236 e. The lowest BCUT2D eigenvalue weighted by molar-refractivity contribution is -0.119. The van der Waals surface area contributed by atoms with Crippen molar-refractivity contribution in [3.63, 3.8) is 0 Å². The highest BCUT2D eigenvalue weighted by atomic mass is 16.4. The fourth-order valence-electron chi connectivity index (χ4n) is 4.60. The van der Waals surface area contributed by atoms with Crippen LogP contribution in [0.15, 0.2) is 28.7 Å². The van der Waals surface area contributed by atoms with E-state index in [0.717, 1.165) is 24.4 Å². The van der Waals surface area contributed by atoms with Crippen LogP contribution in [-0.2, 0) is 17.6 Å². The van der Waals surface area contributed by atoms with Crippen molar-refractivity contribution < 1.29 is 9.21 Å². The molecular weight excluding hydrogens is 314 g/mol. The highest BCUT2D eigenvalue weighted by molar-refractivity contribution is 5.95. The van der Waals surface area contributed by atoms with E-state index >= 15 is 0 Å². The third-order valence-corrected chi connectivity index (χ3v) is 5.77. The number of nitrogens with zero attached hydrogens (tertiary/aromatic N) is 3. The van der Waals surface area contributed by atoms with Crippen molar-refractivity contribution >= 4 is 11.6 Å². The number of carbonyl (C=O) groups excluding carboxylic acids is 1. The van der Waals surface area contributed by atoms with Crippen molar-refractivity contribution in [2.75, 3.05) is 4.90 Å². The molecule has 1 aromatic carbocycles. The Balaban J connectivity index is 1.64. The average molecular weight is 339 g/mol. The lowest BCUT2D eigenvalue weighted by Gasteiger charge is -2.35. The quantitative estimate of drug-likeness (QED) is 0.833. The number of aromatic nitrogens is 2. The first-order chi connectivity index (χ1) is 12.1. The molecule has 3 atom stereocenters. The summed E-state index contributed by atoms with van der Waals surface area (Å²) in [6, 6.07) is 8.69. The maximum atomic E-state index is 13.2. The average Bonchev–Trinajstić information content (AvgIpc) is 3.33. The van der Waals surface area contributed by atoms with Gasteiger partial charge in [-0.1, -0.05) is 25.5 Å². The van der Waals surface area contributed by atoms with Gasteiger partial charge in [0.15, 0.2) is 0 Å². The molecule has 5 nitrogen and oxygen atoms in total. The molecule has 3 unspecified atom stereocenters. The summed E-state index contributed by atoms with van der Waals surface area (Å²) in [6.45, 7) is 3.89. The second-order valence-corrected chi connectivity index (χ2v) is 7.42. The van der Waals surface area contributed by atoms with E-state index in [0.29, 0.717) is 23.7 Å². The van der Waals surface area contributed by atoms with Crippen LogP contribution in [0.2, 0.25) is 0 Å². The molecule has 2 aliphatic rings. The maximum absolute atomic E-state index is 13.2. The van der Waals surface area contributed by atoms with Crippen LogP contribution < -0.4 is 4.90 Å². The summed E-state index contributed by atoms with van der Waals surface area (Å²) in [6.07, 6.45) is 6.09. The first-order valence-corrected chi connectivity index (χ1v) is 9.34. The van der Waals surface area contributed by atoms with Crippen LogP contribution in [0.5, 0.6) is 0 Å². The topological polar surface area (TPSA) is 59.2 Å². The van der Waals surface area contributed by atoms with E-state index in [9.17, 15) is 4.79 Å². The standard InChI is InChI=1S/C20H25N3O2/c1-3-14-5-4-6-17(10-14)23(18-11-15-7-8-16(18)9-15)20(24)12-19-22-21-13(2)25-19/h4-6,10,15-16,18H,3,7-9,11-12H2,1-2H3. The second-order valence-electron chi connectivity index (χ2n) is 7.42. The van der Waals surface area contributed by atoms with E-state index in [2.05, 4.69) is 41.4 Å². The number of hydrogen-bond donors (Lipinski definition) is 0. The molecule has 132 valence electrons. The molecule has 0 aliphatic heterocycles. The zero-order chi connectivity index (χ0) is 17.4. The van der Waals surface area contributed by atoms with Gasteiger partial charge in [0.2, 0.25) is 17.7 Å². The number of carbonyl (C=O) groups is 1. The van der Waals surface area contributed by atoms with Gasteiger partial charge >= 0.3 is 0 Å². The number of aryl methyl sites for hydroxylation is 2. The molecule has 2 aliphatic carbocycles. The molecule has 25 heavy (non-hydrogen) atoms. The number of rotatable bonds is 5. The molecule has 2 saturated carbocycles. The summed E-state index contributed by atoms with van der Waals surface area (Å²) >= 11 is 0. The Hall–Kier alpha value is -2.17. The molecule has 2 bridgehead atoms. The van der Waals surface area contributed by atoms with Gasteiger partial charge in [-0.2, -0.15) is 0 Å². The Morgan fingerprint density at radius 2 is 2.16 bits per heavy atom. The molecule has 1 aromatic heterocycles. The fourth-order valence-corrected chi connectivity index (χ4v) is 4.60. The van der Waals surface area contributed by atoms with E-state index < -0.39 is 0 Å². The SMILES string of the molecule is CCc1cccc(N(C(=O)Cc2nnc(C)o2)C2CC3CCC2C3)c1. The van der Waals surface area contributed by atoms with Gasteiger partial charge in [0.1, 0.15) is 6.42 Å². The van der Waals surface area contributed by atoms with E-state index in [1.54, 1.807) is 6.92 Å². The largest absolute Gasteiger partial charge is 0.425 e. The molecule has 1 amide bonds. The molecule has 2 aromatic rings. The van der Waals surface area contributed by atoms with E-state index in [1.807, 2.05) is 4.90 Å². The first-order valence-electron chi connectivity index (χ1n) is 9.34. The molecule has 0 saturated heterocycles. The summed E-state index contributed by atoms with van der Waals surface area (Å²) < 4.78 is 5.44. The molecule has 0 N–H and O–H groups in total. The van der Waals surface area contributed by atoms with Crippen molar-refractivity contribution in [2.24, 2.45) is 11.8 Å². The molecule has 2 fully saturated rings. The molecule has 1 heterocycles. The van der Waals surface area contributed by atoms with E-state index in [1.165, 1.54) is 24.8 Å². The van der Waals surface area contributed by atoms with Gasteiger partial charge in [-0.05, 0) is 55.2 Å². The third-order valence-electron chi connectivity index (χ3n) is 5.77. The van der Waals surface area contributed by atoms with E-state index in [-0.39, 0.29) is 12.3 Å². The molecule has 0 spiro atoms. The van der Waals surface area contributed by atoms with Gasteiger partial charge in [-0.3, -0.25) is 4.79 Å². The Morgan fingerprint density at radius 3 is 2.80 bits per heavy atom. The number of benzene rings is 1. The third kappa shape index (κ3) is 3.20. The van der Waals surface area contributed by atoms with Crippen LogP contribution in [0.1, 0.15) is 50.0 Å². The van der Waals surface area contributed by atoms with E-state index in [4.69, 9.17) is 4.42 Å². The number of fused-ring (bicyclic) bond motifs is 2. The molecule has 4 rings (SSSR count). The predicted octanol–water partition coefficient (Wildman–Crippen LogP) is 3.70. The highest BCUT2D eigenvalue weighted by Gasteiger charge is 2.44. The van der Waals surface area contributed by atoms with Crippen molar-refractivity contribution in [3.05, 3.63) is 41.6 Å². The first kappa shape index (κ1) is 16.3. The number of anilines is 1. The van der Waals surface area contributed by atoms with Gasteiger partial charge in [-0.25, -0.2) is 0 Å². The Morgan fingerprint density at radius 1 is 1.28 bits per heavy atom. The van der Waals surface area contributed by atoms with Crippen LogP contribution in [0.4, 0.5) is 5.69 Å². The smallest absolute Gasteiger partial charge is 0.236 e. The summed E-state index contributed by atoms with van der Waals surface area (Å²) in [7, 11) is 0. The van der Waals surface area contributed by atoms with Gasteiger partial charge in [-0.15, -0.1) is 10.2 Å². The summed E-state index contributed by atoms with van der Waals surface area (Å²) in [5.41, 5.74) is 2.27. The summed E-state index contributed by atoms with van der Waals surface area (Å²) in [5.74, 6) is 2.38. The monoisotopic (exact) mass is 339 g/mol. The van der Waals surface area contributed by atoms with Crippen molar-refractivity contribution in [1.29, 1.82) is 0 Å². The minimum Gasteiger partial charge on any atom is -0.425 e. The van der Waals surface area contributed by atoms with Gasteiger partial charge in [0.05, 0.1) is 0 Å². The molecule has 0 radical (unpaired) electrons.